The summed E-state index contributed by atoms with van der Waals surface area (Å²) in [5.41, 5.74) is 9.42. The second-order valence-electron chi connectivity index (χ2n) is 11.9. The molecule has 8 heteroatoms. The molecular formula is C34H47N3O5. The first-order valence-corrected chi connectivity index (χ1v) is 15.4. The molecule has 1 fully saturated rings. The summed E-state index contributed by atoms with van der Waals surface area (Å²) in [4.78, 5) is 28.5. The van der Waals surface area contributed by atoms with Crippen LogP contribution in [0, 0.1) is 11.8 Å². The van der Waals surface area contributed by atoms with Crippen molar-refractivity contribution >= 4 is 11.6 Å². The van der Waals surface area contributed by atoms with Crippen LogP contribution >= 0.6 is 0 Å². The fraction of sp³-hybridized carbons (Fsp3) is 0.529. The molecule has 42 heavy (non-hydrogen) atoms. The third-order valence-corrected chi connectivity index (χ3v) is 8.77. The minimum atomic E-state index is -0.380. The number of benzene rings is 1. The zero-order valence-corrected chi connectivity index (χ0v) is 24.9. The number of H-pyrrole nitrogens is 1. The Morgan fingerprint density at radius 1 is 1.14 bits per heavy atom. The standard InChI is InChI=1S/C34H47N3O5/c1-42-31-18-24(12-13-29(40)21-28(39)11-5-9-23-7-3-2-4-8-23)17-30(34(31)41)33(25-14-16-37-32(35)20-25)26(22-38)19-27-10-6-15-36-27/h6,10,14-15,17-18,20,23,26,33,36-38,41H,2-5,7-9,11-13,16,19,21-22,35H2,1H3/t26-,33-/m0/s1. The smallest absolute Gasteiger partial charge is 0.161 e. The van der Waals surface area contributed by atoms with Crippen LogP contribution in [0.5, 0.6) is 11.5 Å². The van der Waals surface area contributed by atoms with Gasteiger partial charge in [0.15, 0.2) is 11.5 Å². The van der Waals surface area contributed by atoms with Gasteiger partial charge in [0.05, 0.1) is 19.4 Å². The molecule has 1 aliphatic heterocycles. The number of allylic oxidation sites excluding steroid dienone is 2. The Labute approximate surface area is 249 Å². The van der Waals surface area contributed by atoms with Crippen molar-refractivity contribution in [1.29, 1.82) is 0 Å². The summed E-state index contributed by atoms with van der Waals surface area (Å²) in [6.07, 6.45) is 15.8. The van der Waals surface area contributed by atoms with Gasteiger partial charge in [-0.1, -0.05) is 50.7 Å². The molecule has 4 rings (SSSR count). The van der Waals surface area contributed by atoms with Crippen molar-refractivity contribution in [3.63, 3.8) is 0 Å². The first-order valence-electron chi connectivity index (χ1n) is 15.4. The second kappa shape index (κ2) is 15.6. The molecule has 8 nitrogen and oxygen atoms in total. The van der Waals surface area contributed by atoms with Crippen LogP contribution in [-0.4, -0.2) is 47.0 Å². The van der Waals surface area contributed by atoms with E-state index in [9.17, 15) is 19.8 Å². The van der Waals surface area contributed by atoms with Crippen molar-refractivity contribution in [3.05, 3.63) is 70.8 Å². The van der Waals surface area contributed by atoms with Crippen LogP contribution in [0.25, 0.3) is 0 Å². The fourth-order valence-electron chi connectivity index (χ4n) is 6.53. The van der Waals surface area contributed by atoms with Gasteiger partial charge in [0.1, 0.15) is 11.6 Å². The molecule has 1 aliphatic carbocycles. The van der Waals surface area contributed by atoms with Crippen LogP contribution in [0.15, 0.2) is 54.0 Å². The molecule has 1 aromatic carbocycles. The number of phenols is 1. The topological polar surface area (TPSA) is 138 Å². The number of methoxy groups -OCH3 is 1. The Balaban J connectivity index is 1.47. The first-order chi connectivity index (χ1) is 20.4. The second-order valence-corrected chi connectivity index (χ2v) is 11.9. The maximum Gasteiger partial charge on any atom is 0.161 e. The Kier molecular flexibility index (Phi) is 11.7. The van der Waals surface area contributed by atoms with Crippen molar-refractivity contribution in [2.45, 2.75) is 83.0 Å². The lowest BCUT2D eigenvalue weighted by Gasteiger charge is -2.30. The van der Waals surface area contributed by atoms with Crippen molar-refractivity contribution < 1.29 is 24.5 Å². The van der Waals surface area contributed by atoms with Gasteiger partial charge in [0, 0.05) is 49.4 Å². The average molecular weight is 578 g/mol. The number of aromatic hydroxyl groups is 1. The number of aromatic amines is 1. The number of hydrogen-bond donors (Lipinski definition) is 5. The Morgan fingerprint density at radius 2 is 1.93 bits per heavy atom. The molecule has 1 saturated carbocycles. The molecule has 0 radical (unpaired) electrons. The van der Waals surface area contributed by atoms with Crippen molar-refractivity contribution in [2.75, 3.05) is 20.3 Å². The predicted molar refractivity (Wildman–Crippen MR) is 164 cm³/mol. The maximum atomic E-state index is 12.8. The monoisotopic (exact) mass is 577 g/mol. The molecule has 228 valence electrons. The molecule has 6 N–H and O–H groups in total. The molecule has 0 bridgehead atoms. The summed E-state index contributed by atoms with van der Waals surface area (Å²) in [7, 11) is 1.50. The minimum Gasteiger partial charge on any atom is -0.504 e. The van der Waals surface area contributed by atoms with E-state index >= 15 is 0 Å². The third-order valence-electron chi connectivity index (χ3n) is 8.77. The molecule has 2 atom stereocenters. The highest BCUT2D eigenvalue weighted by atomic mass is 16.5. The van der Waals surface area contributed by atoms with Crippen LogP contribution in [0.1, 0.15) is 86.9 Å². The van der Waals surface area contributed by atoms with E-state index in [0.29, 0.717) is 42.9 Å². The highest BCUT2D eigenvalue weighted by molar-refractivity contribution is 5.99. The fourth-order valence-corrected chi connectivity index (χ4v) is 6.53. The van der Waals surface area contributed by atoms with E-state index in [1.807, 2.05) is 36.5 Å². The average Bonchev–Trinajstić information content (AvgIpc) is 3.50. The van der Waals surface area contributed by atoms with Gasteiger partial charge in [-0.15, -0.1) is 0 Å². The summed E-state index contributed by atoms with van der Waals surface area (Å²) >= 11 is 0. The Hall–Kier alpha value is -3.52. The van der Waals surface area contributed by atoms with E-state index in [4.69, 9.17) is 10.5 Å². The summed E-state index contributed by atoms with van der Waals surface area (Å²) in [5, 5.41) is 24.9. The number of dihydropyridines is 1. The summed E-state index contributed by atoms with van der Waals surface area (Å²) in [6, 6.07) is 7.53. The van der Waals surface area contributed by atoms with E-state index in [1.54, 1.807) is 6.07 Å². The molecule has 0 unspecified atom stereocenters. The molecular weight excluding hydrogens is 530 g/mol. The number of phenolic OH excluding ortho intramolecular Hbond substituents is 1. The molecule has 1 aromatic heterocycles. The van der Waals surface area contributed by atoms with Gasteiger partial charge in [-0.2, -0.15) is 0 Å². The van der Waals surface area contributed by atoms with Crippen LogP contribution in [0.4, 0.5) is 0 Å². The van der Waals surface area contributed by atoms with E-state index in [2.05, 4.69) is 10.3 Å². The quantitative estimate of drug-likeness (QED) is 0.173. The SMILES string of the molecule is COc1cc(CCC(=O)CC(=O)CCCC2CCCCC2)cc([C@@H](C2=CCNC(N)=C2)[C@H](CO)Cc2ccc[nH]2)c1O. The van der Waals surface area contributed by atoms with Gasteiger partial charge >= 0.3 is 0 Å². The predicted octanol–water partition coefficient (Wildman–Crippen LogP) is 5.20. The molecule has 2 aromatic rings. The van der Waals surface area contributed by atoms with Gasteiger partial charge in [-0.3, -0.25) is 9.59 Å². The van der Waals surface area contributed by atoms with Crippen LogP contribution in [0.2, 0.25) is 0 Å². The normalized spacial score (nSPS) is 17.1. The lowest BCUT2D eigenvalue weighted by atomic mass is 9.76. The molecule has 0 amide bonds. The zero-order valence-electron chi connectivity index (χ0n) is 24.9. The number of ether oxygens (including phenoxy) is 1. The number of hydrogen-bond acceptors (Lipinski definition) is 7. The highest BCUT2D eigenvalue weighted by Crippen LogP contribution is 2.44. The maximum absolute atomic E-state index is 12.8. The Bertz CT molecular complexity index is 1240. The number of aryl methyl sites for hydroxylation is 1. The van der Waals surface area contributed by atoms with Gasteiger partial charge in [-0.25, -0.2) is 0 Å². The van der Waals surface area contributed by atoms with E-state index in [0.717, 1.165) is 35.6 Å². The number of aromatic nitrogens is 1. The van der Waals surface area contributed by atoms with Crippen molar-refractivity contribution in [2.24, 2.45) is 17.6 Å². The first kappa shape index (κ1) is 31.4. The number of carbonyl (C=O) groups excluding carboxylic acids is 2. The molecule has 2 aliphatic rings. The minimum absolute atomic E-state index is 0.00191. The number of aliphatic hydroxyl groups excluding tert-OH is 1. The van der Waals surface area contributed by atoms with Crippen LogP contribution in [-0.2, 0) is 22.4 Å². The molecule has 2 heterocycles. The Morgan fingerprint density at radius 3 is 2.62 bits per heavy atom. The number of carbonyl (C=O) groups is 2. The number of ketones is 2. The summed E-state index contributed by atoms with van der Waals surface area (Å²) < 4.78 is 5.54. The van der Waals surface area contributed by atoms with Gasteiger partial charge in [0.25, 0.3) is 0 Å². The number of nitrogens with one attached hydrogen (secondary N) is 2. The van der Waals surface area contributed by atoms with Crippen LogP contribution in [0.3, 0.4) is 0 Å². The van der Waals surface area contributed by atoms with Gasteiger partial charge in [0.2, 0.25) is 0 Å². The number of aliphatic hydroxyl groups is 1. The van der Waals surface area contributed by atoms with Crippen molar-refractivity contribution in [1.82, 2.24) is 10.3 Å². The largest absolute Gasteiger partial charge is 0.504 e. The summed E-state index contributed by atoms with van der Waals surface area (Å²) in [5.74, 6) is 0.877. The van der Waals surface area contributed by atoms with Crippen LogP contribution < -0.4 is 15.8 Å². The van der Waals surface area contributed by atoms with E-state index in [-0.39, 0.29) is 48.6 Å². The molecule has 0 saturated heterocycles. The number of Topliss-reactive ketones (excluding diaryl/α,β-unsaturated/α-hetero) is 2. The van der Waals surface area contributed by atoms with E-state index in [1.165, 1.54) is 39.2 Å². The highest BCUT2D eigenvalue weighted by Gasteiger charge is 2.31. The third kappa shape index (κ3) is 8.74. The number of nitrogens with two attached hydrogens (primary N) is 1. The van der Waals surface area contributed by atoms with Gasteiger partial charge in [-0.05, 0) is 66.5 Å². The lowest BCUT2D eigenvalue weighted by Crippen LogP contribution is -2.28. The molecule has 0 spiro atoms. The van der Waals surface area contributed by atoms with Gasteiger partial charge < -0.3 is 31.0 Å². The van der Waals surface area contributed by atoms with Crippen molar-refractivity contribution in [3.8, 4) is 11.5 Å². The van der Waals surface area contributed by atoms with E-state index < -0.39 is 0 Å². The zero-order chi connectivity index (χ0) is 29.9. The number of rotatable bonds is 16. The summed E-state index contributed by atoms with van der Waals surface area (Å²) in [6.45, 7) is 0.422. The lowest BCUT2D eigenvalue weighted by molar-refractivity contribution is -0.127.